The molecule has 0 aromatic carbocycles. The zero-order chi connectivity index (χ0) is 13.0. The maximum Gasteiger partial charge on any atom is 0.223 e. The van der Waals surface area contributed by atoms with Gasteiger partial charge in [0.1, 0.15) is 0 Å². The van der Waals surface area contributed by atoms with Crippen molar-refractivity contribution in [1.82, 2.24) is 4.90 Å². The number of hydrogen-bond donors (Lipinski definition) is 1. The van der Waals surface area contributed by atoms with Gasteiger partial charge in [0, 0.05) is 25.0 Å². The van der Waals surface area contributed by atoms with Gasteiger partial charge in [0.25, 0.3) is 0 Å². The smallest absolute Gasteiger partial charge is 0.223 e. The summed E-state index contributed by atoms with van der Waals surface area (Å²) in [6.45, 7) is 2.94. The Morgan fingerprint density at radius 3 is 2.56 bits per heavy atom. The Kier molecular flexibility index (Phi) is 4.81. The predicted octanol–water partition coefficient (Wildman–Crippen LogP) is 2.46. The highest BCUT2D eigenvalue weighted by atomic mass is 16.2. The van der Waals surface area contributed by atoms with E-state index in [0.717, 1.165) is 45.1 Å². The molecule has 2 rings (SSSR count). The van der Waals surface area contributed by atoms with Crippen LogP contribution < -0.4 is 5.73 Å². The molecule has 1 fully saturated rings. The zero-order valence-electron chi connectivity index (χ0n) is 11.5. The summed E-state index contributed by atoms with van der Waals surface area (Å²) in [5.41, 5.74) is 5.93. The van der Waals surface area contributed by atoms with Crippen LogP contribution in [0.3, 0.4) is 0 Å². The molecule has 102 valence electrons. The molecule has 1 saturated carbocycles. The number of carbonyl (C=O) groups excluding carboxylic acids is 1. The number of hydrogen-bond acceptors (Lipinski definition) is 2. The lowest BCUT2D eigenvalue weighted by Gasteiger charge is -2.36. The third kappa shape index (κ3) is 3.35. The molecule has 0 saturated heterocycles. The van der Waals surface area contributed by atoms with Crippen molar-refractivity contribution in [3.63, 3.8) is 0 Å². The molecule has 0 spiro atoms. The average Bonchev–Trinajstić information content (AvgIpc) is 2.85. The molecule has 0 aliphatic heterocycles. The highest BCUT2D eigenvalue weighted by Gasteiger charge is 2.27. The minimum Gasteiger partial charge on any atom is -0.340 e. The summed E-state index contributed by atoms with van der Waals surface area (Å²) in [6.07, 6.45) is 11.7. The summed E-state index contributed by atoms with van der Waals surface area (Å²) in [4.78, 5) is 14.5. The van der Waals surface area contributed by atoms with Crippen molar-refractivity contribution in [3.05, 3.63) is 12.2 Å². The van der Waals surface area contributed by atoms with Crippen LogP contribution in [0.5, 0.6) is 0 Å². The molecule has 0 aromatic rings. The van der Waals surface area contributed by atoms with Crippen molar-refractivity contribution in [2.24, 2.45) is 11.7 Å². The van der Waals surface area contributed by atoms with E-state index in [0.29, 0.717) is 30.3 Å². The topological polar surface area (TPSA) is 46.3 Å². The second-order valence-corrected chi connectivity index (χ2v) is 5.72. The van der Waals surface area contributed by atoms with Gasteiger partial charge in [-0.15, -0.1) is 0 Å². The standard InChI is InChI=1S/C15H26N2O/c1-2-17(14-9-7-13(16)8-10-14)15(18)11-12-5-3-4-6-12/h3,5,12-14H,2,4,6-11,16H2,1H3. The molecule has 1 atom stereocenters. The van der Waals surface area contributed by atoms with Gasteiger partial charge in [-0.3, -0.25) is 4.79 Å². The highest BCUT2D eigenvalue weighted by molar-refractivity contribution is 5.77. The first-order valence-electron chi connectivity index (χ1n) is 7.42. The Balaban J connectivity index is 1.86. The minimum absolute atomic E-state index is 0.342. The average molecular weight is 250 g/mol. The quantitative estimate of drug-likeness (QED) is 0.779. The summed E-state index contributed by atoms with van der Waals surface area (Å²) in [5, 5.41) is 0. The first kappa shape index (κ1) is 13.6. The number of rotatable bonds is 4. The normalized spacial score (nSPS) is 31.6. The molecule has 0 aromatic heterocycles. The minimum atomic E-state index is 0.342. The van der Waals surface area contributed by atoms with Crippen molar-refractivity contribution < 1.29 is 4.79 Å². The van der Waals surface area contributed by atoms with Crippen LogP contribution in [-0.4, -0.2) is 29.4 Å². The molecule has 0 heterocycles. The van der Waals surface area contributed by atoms with Gasteiger partial charge in [-0.25, -0.2) is 0 Å². The van der Waals surface area contributed by atoms with Crippen molar-refractivity contribution in [2.75, 3.05) is 6.54 Å². The van der Waals surface area contributed by atoms with Gasteiger partial charge in [0.05, 0.1) is 0 Å². The van der Waals surface area contributed by atoms with E-state index in [9.17, 15) is 4.79 Å². The monoisotopic (exact) mass is 250 g/mol. The number of carbonyl (C=O) groups is 1. The number of amides is 1. The predicted molar refractivity (Wildman–Crippen MR) is 74.1 cm³/mol. The molecular weight excluding hydrogens is 224 g/mol. The summed E-state index contributed by atoms with van der Waals surface area (Å²) < 4.78 is 0. The third-order valence-corrected chi connectivity index (χ3v) is 4.39. The van der Waals surface area contributed by atoms with Crippen LogP contribution in [0.15, 0.2) is 12.2 Å². The fraction of sp³-hybridized carbons (Fsp3) is 0.800. The van der Waals surface area contributed by atoms with Crippen molar-refractivity contribution in [2.45, 2.75) is 64.0 Å². The first-order chi connectivity index (χ1) is 8.70. The molecule has 2 N–H and O–H groups in total. The van der Waals surface area contributed by atoms with Gasteiger partial charge in [0.2, 0.25) is 5.91 Å². The Morgan fingerprint density at radius 1 is 1.28 bits per heavy atom. The lowest BCUT2D eigenvalue weighted by Crippen LogP contribution is -2.44. The summed E-state index contributed by atoms with van der Waals surface area (Å²) in [7, 11) is 0. The molecule has 0 bridgehead atoms. The van der Waals surface area contributed by atoms with E-state index in [2.05, 4.69) is 24.0 Å². The fourth-order valence-corrected chi connectivity index (χ4v) is 3.26. The lowest BCUT2D eigenvalue weighted by atomic mass is 9.90. The van der Waals surface area contributed by atoms with E-state index < -0.39 is 0 Å². The lowest BCUT2D eigenvalue weighted by molar-refractivity contribution is -0.134. The Hall–Kier alpha value is -0.830. The van der Waals surface area contributed by atoms with E-state index in [-0.39, 0.29) is 0 Å². The molecular formula is C15H26N2O. The van der Waals surface area contributed by atoms with Crippen LogP contribution >= 0.6 is 0 Å². The largest absolute Gasteiger partial charge is 0.340 e. The van der Waals surface area contributed by atoms with Gasteiger partial charge in [0.15, 0.2) is 0 Å². The molecule has 2 aliphatic rings. The third-order valence-electron chi connectivity index (χ3n) is 4.39. The maximum absolute atomic E-state index is 12.4. The fourth-order valence-electron chi connectivity index (χ4n) is 3.26. The Labute approximate surface area is 110 Å². The second-order valence-electron chi connectivity index (χ2n) is 5.72. The van der Waals surface area contributed by atoms with E-state index >= 15 is 0 Å². The molecule has 3 heteroatoms. The van der Waals surface area contributed by atoms with Gasteiger partial charge in [-0.05, 0) is 51.4 Å². The maximum atomic E-state index is 12.4. The van der Waals surface area contributed by atoms with Crippen molar-refractivity contribution in [3.8, 4) is 0 Å². The second kappa shape index (κ2) is 6.37. The zero-order valence-corrected chi connectivity index (χ0v) is 11.5. The SMILES string of the molecule is CCN(C(=O)CC1C=CCC1)C1CCC(N)CC1. The Morgan fingerprint density at radius 2 is 2.00 bits per heavy atom. The number of allylic oxidation sites excluding steroid dienone is 2. The number of nitrogens with two attached hydrogens (primary N) is 1. The van der Waals surface area contributed by atoms with E-state index in [1.165, 1.54) is 0 Å². The Bertz CT molecular complexity index is 306. The van der Waals surface area contributed by atoms with Crippen LogP contribution in [0, 0.1) is 5.92 Å². The molecule has 0 radical (unpaired) electrons. The summed E-state index contributed by atoms with van der Waals surface area (Å²) in [5.74, 6) is 0.826. The summed E-state index contributed by atoms with van der Waals surface area (Å²) >= 11 is 0. The summed E-state index contributed by atoms with van der Waals surface area (Å²) in [6, 6.07) is 0.792. The van der Waals surface area contributed by atoms with Gasteiger partial charge in [-0.2, -0.15) is 0 Å². The van der Waals surface area contributed by atoms with Gasteiger partial charge >= 0.3 is 0 Å². The molecule has 1 amide bonds. The van der Waals surface area contributed by atoms with E-state index in [4.69, 9.17) is 5.73 Å². The molecule has 3 nitrogen and oxygen atoms in total. The van der Waals surface area contributed by atoms with E-state index in [1.807, 2.05) is 0 Å². The first-order valence-corrected chi connectivity index (χ1v) is 7.42. The van der Waals surface area contributed by atoms with E-state index in [1.54, 1.807) is 0 Å². The van der Waals surface area contributed by atoms with Crippen LogP contribution in [0.4, 0.5) is 0 Å². The van der Waals surface area contributed by atoms with Crippen molar-refractivity contribution in [1.29, 1.82) is 0 Å². The van der Waals surface area contributed by atoms with Gasteiger partial charge < -0.3 is 10.6 Å². The number of nitrogens with zero attached hydrogens (tertiary/aromatic N) is 1. The van der Waals surface area contributed by atoms with Crippen LogP contribution in [0.2, 0.25) is 0 Å². The molecule has 2 aliphatic carbocycles. The molecule has 18 heavy (non-hydrogen) atoms. The van der Waals surface area contributed by atoms with Crippen LogP contribution in [0.25, 0.3) is 0 Å². The molecule has 1 unspecified atom stereocenters. The van der Waals surface area contributed by atoms with Crippen LogP contribution in [0.1, 0.15) is 51.9 Å². The van der Waals surface area contributed by atoms with Gasteiger partial charge in [-0.1, -0.05) is 12.2 Å². The highest BCUT2D eigenvalue weighted by Crippen LogP contribution is 2.25. The van der Waals surface area contributed by atoms with Crippen molar-refractivity contribution >= 4 is 5.91 Å². The van der Waals surface area contributed by atoms with Crippen LogP contribution in [-0.2, 0) is 4.79 Å².